The van der Waals surface area contributed by atoms with Crippen molar-refractivity contribution in [3.63, 3.8) is 0 Å². The fourth-order valence-electron chi connectivity index (χ4n) is 7.70. The molecule has 0 saturated heterocycles. The largest absolute Gasteiger partial charge is 0.756 e. The predicted molar refractivity (Wildman–Crippen MR) is 279 cm³/mol. The number of phosphoric ester groups is 1. The second-order valence-electron chi connectivity index (χ2n) is 19.7. The number of ether oxygens (including phenoxy) is 1. The number of nitrogens with zero attached hydrogens (tertiary/aromatic N) is 1. The Labute approximate surface area is 408 Å². The molecule has 0 radical (unpaired) electrons. The summed E-state index contributed by atoms with van der Waals surface area (Å²) in [5.41, 5.74) is 0. The number of allylic oxidation sites excluding steroid dienone is 7. The molecule has 9 nitrogen and oxygen atoms in total. The van der Waals surface area contributed by atoms with E-state index < -0.39 is 26.6 Å². The lowest BCUT2D eigenvalue weighted by molar-refractivity contribution is -0.870. The molecule has 386 valence electrons. The molecule has 0 aliphatic heterocycles. The van der Waals surface area contributed by atoms with Crippen molar-refractivity contribution in [1.82, 2.24) is 5.32 Å². The number of phosphoric acid groups is 1. The minimum Gasteiger partial charge on any atom is -0.756 e. The summed E-state index contributed by atoms with van der Waals surface area (Å²) in [6, 6.07) is -0.893. The summed E-state index contributed by atoms with van der Waals surface area (Å²) >= 11 is 0. The maximum atomic E-state index is 13.4. The van der Waals surface area contributed by atoms with Gasteiger partial charge in [-0.1, -0.05) is 211 Å². The summed E-state index contributed by atoms with van der Waals surface area (Å²) in [5, 5.41) is 3.01. The van der Waals surface area contributed by atoms with E-state index in [4.69, 9.17) is 13.8 Å². The smallest absolute Gasteiger partial charge is 0.306 e. The van der Waals surface area contributed by atoms with Crippen molar-refractivity contribution >= 4 is 19.7 Å². The molecule has 0 aromatic rings. The van der Waals surface area contributed by atoms with E-state index in [2.05, 4.69) is 62.5 Å². The number of hydrogen-bond acceptors (Lipinski definition) is 7. The van der Waals surface area contributed by atoms with Gasteiger partial charge in [-0.15, -0.1) is 0 Å². The number of amides is 1. The summed E-state index contributed by atoms with van der Waals surface area (Å²) in [7, 11) is 1.17. The van der Waals surface area contributed by atoms with Gasteiger partial charge in [0.1, 0.15) is 19.3 Å². The maximum absolute atomic E-state index is 13.4. The van der Waals surface area contributed by atoms with E-state index in [0.717, 1.165) is 77.0 Å². The normalized spacial score (nSPS) is 14.2. The van der Waals surface area contributed by atoms with Crippen molar-refractivity contribution in [2.45, 2.75) is 258 Å². The standard InChI is InChI=1S/C56H105N2O7P/c1-7-10-13-16-19-22-25-27-28-29-30-31-34-37-40-43-46-49-56(60)65-54(47-44-41-38-35-33-26-23-20-17-14-11-8-2)53(52-64-66(61,62)63-51-50-58(4,5)6)57-55(59)48-45-42-39-36-32-24-21-18-15-12-9-3/h19,22,27-28,30-31,44,47,53-54H,7-18,20-21,23-26,29,32-43,45-46,48-52H2,1-6H3,(H-,57,59,61,62)/b22-19-,28-27-,31-30-,47-44+. The molecule has 0 aromatic carbocycles. The van der Waals surface area contributed by atoms with Gasteiger partial charge in [0, 0.05) is 12.8 Å². The minimum atomic E-state index is -4.69. The lowest BCUT2D eigenvalue weighted by Gasteiger charge is -2.30. The van der Waals surface area contributed by atoms with Gasteiger partial charge in [0.15, 0.2) is 0 Å². The highest BCUT2D eigenvalue weighted by Crippen LogP contribution is 2.38. The highest BCUT2D eigenvalue weighted by molar-refractivity contribution is 7.45. The highest BCUT2D eigenvalue weighted by atomic mass is 31.2. The number of nitrogens with one attached hydrogen (secondary N) is 1. The molecule has 0 aliphatic carbocycles. The molecule has 0 rings (SSSR count). The van der Waals surface area contributed by atoms with Crippen LogP contribution in [0.4, 0.5) is 0 Å². The zero-order valence-corrected chi connectivity index (χ0v) is 44.8. The number of unbranched alkanes of at least 4 members (excludes halogenated alkanes) is 27. The molecule has 3 atom stereocenters. The first-order valence-electron chi connectivity index (χ1n) is 27.4. The van der Waals surface area contributed by atoms with Crippen molar-refractivity contribution in [3.05, 3.63) is 48.6 Å². The zero-order chi connectivity index (χ0) is 48.7. The SMILES string of the molecule is CCCCC/C=C\C/C=C\C/C=C\CCCCCCC(=O)OC(/C=C/CCCCCCCCCCCC)C(COP(=O)([O-])OCC[N+](C)(C)C)NC(=O)CCCCCCCCCCCCC. The van der Waals surface area contributed by atoms with Gasteiger partial charge < -0.3 is 28.5 Å². The third-order valence-electron chi connectivity index (χ3n) is 12.0. The van der Waals surface area contributed by atoms with Crippen molar-refractivity contribution in [2.24, 2.45) is 0 Å². The Morgan fingerprint density at radius 2 is 0.924 bits per heavy atom. The Kier molecular flexibility index (Phi) is 45.3. The number of esters is 1. The lowest BCUT2D eigenvalue weighted by atomic mass is 10.0. The van der Waals surface area contributed by atoms with Gasteiger partial charge in [0.2, 0.25) is 5.91 Å². The number of carbonyl (C=O) groups is 2. The molecule has 0 saturated carbocycles. The third kappa shape index (κ3) is 47.1. The van der Waals surface area contributed by atoms with Crippen LogP contribution in [0.15, 0.2) is 48.6 Å². The van der Waals surface area contributed by atoms with Crippen LogP contribution in [0, 0.1) is 0 Å². The fraction of sp³-hybridized carbons (Fsp3) is 0.821. The molecule has 3 unspecified atom stereocenters. The summed E-state index contributed by atoms with van der Waals surface area (Å²) in [4.78, 5) is 39.7. The molecule has 0 bridgehead atoms. The fourth-order valence-corrected chi connectivity index (χ4v) is 8.43. The molecule has 0 fully saturated rings. The highest BCUT2D eigenvalue weighted by Gasteiger charge is 2.27. The predicted octanol–water partition coefficient (Wildman–Crippen LogP) is 15.5. The lowest BCUT2D eigenvalue weighted by Crippen LogP contribution is -2.47. The summed E-state index contributed by atoms with van der Waals surface area (Å²) in [6.45, 7) is 6.78. The van der Waals surface area contributed by atoms with Crippen molar-refractivity contribution in [3.8, 4) is 0 Å². The van der Waals surface area contributed by atoms with E-state index in [0.29, 0.717) is 23.9 Å². The van der Waals surface area contributed by atoms with Crippen molar-refractivity contribution in [2.75, 3.05) is 40.9 Å². The Balaban J connectivity index is 5.41. The number of likely N-dealkylation sites (N-methyl/N-ethyl adjacent to an activating group) is 1. The van der Waals surface area contributed by atoms with Crippen LogP contribution in [-0.2, 0) is 27.9 Å². The quantitative estimate of drug-likeness (QED) is 0.0212. The molecular formula is C56H105N2O7P. The Morgan fingerprint density at radius 1 is 0.530 bits per heavy atom. The van der Waals surface area contributed by atoms with Gasteiger partial charge in [0.25, 0.3) is 7.82 Å². The van der Waals surface area contributed by atoms with E-state index in [1.54, 1.807) is 0 Å². The zero-order valence-electron chi connectivity index (χ0n) is 43.9. The van der Waals surface area contributed by atoms with Gasteiger partial charge >= 0.3 is 5.97 Å². The molecular weight excluding hydrogens is 844 g/mol. The monoisotopic (exact) mass is 949 g/mol. The average Bonchev–Trinajstić information content (AvgIpc) is 3.27. The Morgan fingerprint density at radius 3 is 1.41 bits per heavy atom. The van der Waals surface area contributed by atoms with Crippen LogP contribution < -0.4 is 10.2 Å². The topological polar surface area (TPSA) is 114 Å². The van der Waals surface area contributed by atoms with Crippen LogP contribution >= 0.6 is 7.82 Å². The molecule has 10 heteroatoms. The second kappa shape index (κ2) is 46.7. The molecule has 1 N–H and O–H groups in total. The van der Waals surface area contributed by atoms with Gasteiger partial charge in [-0.2, -0.15) is 0 Å². The van der Waals surface area contributed by atoms with Crippen LogP contribution in [0.3, 0.4) is 0 Å². The maximum Gasteiger partial charge on any atom is 0.306 e. The minimum absolute atomic E-state index is 0.0255. The van der Waals surface area contributed by atoms with E-state index in [9.17, 15) is 19.0 Å². The molecule has 0 heterocycles. The summed E-state index contributed by atoms with van der Waals surface area (Å²) in [6.07, 6.45) is 55.0. The molecule has 0 aromatic heterocycles. The van der Waals surface area contributed by atoms with Crippen LogP contribution in [0.2, 0.25) is 0 Å². The van der Waals surface area contributed by atoms with Crippen molar-refractivity contribution in [1.29, 1.82) is 0 Å². The van der Waals surface area contributed by atoms with Crippen LogP contribution in [0.1, 0.15) is 245 Å². The van der Waals surface area contributed by atoms with Gasteiger partial charge in [-0.3, -0.25) is 14.2 Å². The Hall–Kier alpha value is -2.03. The van der Waals surface area contributed by atoms with E-state index in [-0.39, 0.29) is 24.9 Å². The van der Waals surface area contributed by atoms with Crippen LogP contribution in [0.5, 0.6) is 0 Å². The number of carbonyl (C=O) groups excluding carboxylic acids is 2. The van der Waals surface area contributed by atoms with Gasteiger partial charge in [0.05, 0.1) is 33.8 Å². The van der Waals surface area contributed by atoms with E-state index in [1.807, 2.05) is 33.3 Å². The van der Waals surface area contributed by atoms with Crippen LogP contribution in [0.25, 0.3) is 0 Å². The summed E-state index contributed by atoms with van der Waals surface area (Å²) in [5.74, 6) is -0.564. The number of quaternary nitrogens is 1. The second-order valence-corrected chi connectivity index (χ2v) is 21.1. The summed E-state index contributed by atoms with van der Waals surface area (Å²) < 4.78 is 30.1. The molecule has 0 spiro atoms. The number of rotatable bonds is 49. The first-order chi connectivity index (χ1) is 31.9. The molecule has 0 aliphatic rings. The van der Waals surface area contributed by atoms with Gasteiger partial charge in [-0.25, -0.2) is 0 Å². The molecule has 66 heavy (non-hydrogen) atoms. The van der Waals surface area contributed by atoms with E-state index >= 15 is 0 Å². The Bertz CT molecular complexity index is 1280. The van der Waals surface area contributed by atoms with E-state index in [1.165, 1.54) is 128 Å². The molecule has 1 amide bonds. The first-order valence-corrected chi connectivity index (χ1v) is 28.9. The number of hydrogen-bond donors (Lipinski definition) is 1. The third-order valence-corrected chi connectivity index (χ3v) is 13.0. The van der Waals surface area contributed by atoms with Crippen LogP contribution in [-0.4, -0.2) is 69.4 Å². The first kappa shape index (κ1) is 64.0. The van der Waals surface area contributed by atoms with Crippen molar-refractivity contribution < 1.29 is 37.3 Å². The average molecular weight is 949 g/mol. The van der Waals surface area contributed by atoms with Gasteiger partial charge in [-0.05, 0) is 70.3 Å².